The molecule has 1 amide bonds. The number of carbonyl (C=O) groups excluding carboxylic acids is 1. The Balaban J connectivity index is 2.57. The second-order valence-electron chi connectivity index (χ2n) is 5.39. The fourth-order valence-electron chi connectivity index (χ4n) is 2.42. The van der Waals surface area contributed by atoms with E-state index in [-0.39, 0.29) is 24.3 Å². The van der Waals surface area contributed by atoms with Crippen molar-refractivity contribution in [1.82, 2.24) is 4.90 Å². The molecule has 2 unspecified atom stereocenters. The van der Waals surface area contributed by atoms with Crippen LogP contribution in [0.25, 0.3) is 0 Å². The number of amides is 1. The van der Waals surface area contributed by atoms with Crippen LogP contribution in [0.15, 0.2) is 0 Å². The van der Waals surface area contributed by atoms with Gasteiger partial charge in [0.2, 0.25) is 5.91 Å². The van der Waals surface area contributed by atoms with E-state index in [0.29, 0.717) is 13.0 Å². The molecule has 0 spiro atoms. The number of carboxylic acids is 1. The van der Waals surface area contributed by atoms with Crippen LogP contribution in [0.1, 0.15) is 33.1 Å². The minimum absolute atomic E-state index is 0.0466. The maximum atomic E-state index is 12.3. The number of ether oxygens (including phenoxy) is 1. The standard InChI is InChI=1S/C14H25NO4S/c1-4-5-8-20-11(2)12(16)15-7-6-14(9-15,10-19-3)13(17)18/h11H,4-10H2,1-3H3,(H,17,18). The Bertz CT molecular complexity index is 350. The van der Waals surface area contributed by atoms with Gasteiger partial charge >= 0.3 is 5.97 Å². The molecule has 1 saturated heterocycles. The average molecular weight is 303 g/mol. The first-order valence-corrected chi connectivity index (χ1v) is 8.14. The largest absolute Gasteiger partial charge is 0.481 e. The van der Waals surface area contributed by atoms with Gasteiger partial charge in [-0.1, -0.05) is 13.3 Å². The molecule has 1 rings (SSSR count). The number of aliphatic carboxylic acids is 1. The van der Waals surface area contributed by atoms with Crippen LogP contribution in [-0.4, -0.2) is 59.7 Å². The molecule has 0 aromatic carbocycles. The predicted molar refractivity (Wildman–Crippen MR) is 80.0 cm³/mol. The fraction of sp³-hybridized carbons (Fsp3) is 0.857. The van der Waals surface area contributed by atoms with Gasteiger partial charge in [-0.15, -0.1) is 11.8 Å². The molecule has 1 fully saturated rings. The van der Waals surface area contributed by atoms with E-state index in [2.05, 4.69) is 6.92 Å². The highest BCUT2D eigenvalue weighted by Gasteiger charge is 2.46. The number of carbonyl (C=O) groups is 2. The number of nitrogens with zero attached hydrogens (tertiary/aromatic N) is 1. The summed E-state index contributed by atoms with van der Waals surface area (Å²) in [5.74, 6) is 0.144. The van der Waals surface area contributed by atoms with Crippen LogP contribution >= 0.6 is 11.8 Å². The van der Waals surface area contributed by atoms with Crippen LogP contribution in [0.3, 0.4) is 0 Å². The number of unbranched alkanes of at least 4 members (excludes halogenated alkanes) is 1. The van der Waals surface area contributed by atoms with Crippen LogP contribution in [0.4, 0.5) is 0 Å². The SMILES string of the molecule is CCCCSC(C)C(=O)N1CCC(COC)(C(=O)O)C1. The van der Waals surface area contributed by atoms with E-state index in [4.69, 9.17) is 4.74 Å². The van der Waals surface area contributed by atoms with Crippen LogP contribution < -0.4 is 0 Å². The molecule has 1 aliphatic rings. The fourth-order valence-corrected chi connectivity index (χ4v) is 3.52. The van der Waals surface area contributed by atoms with Crippen molar-refractivity contribution < 1.29 is 19.4 Å². The molecule has 0 radical (unpaired) electrons. The molecular formula is C14H25NO4S. The minimum atomic E-state index is -0.932. The van der Waals surface area contributed by atoms with Crippen molar-refractivity contribution >= 4 is 23.6 Å². The van der Waals surface area contributed by atoms with Gasteiger partial charge in [0.05, 0.1) is 11.9 Å². The van der Waals surface area contributed by atoms with Crippen molar-refractivity contribution in [2.45, 2.75) is 38.4 Å². The number of methoxy groups -OCH3 is 1. The Kier molecular flexibility index (Phi) is 6.82. The zero-order chi connectivity index (χ0) is 15.2. The number of rotatable bonds is 8. The maximum Gasteiger partial charge on any atom is 0.313 e. The van der Waals surface area contributed by atoms with Crippen molar-refractivity contribution in [2.24, 2.45) is 5.41 Å². The highest BCUT2D eigenvalue weighted by Crippen LogP contribution is 2.32. The van der Waals surface area contributed by atoms with Crippen molar-refractivity contribution in [3.8, 4) is 0 Å². The molecule has 2 atom stereocenters. The molecule has 20 heavy (non-hydrogen) atoms. The Morgan fingerprint density at radius 3 is 2.75 bits per heavy atom. The van der Waals surface area contributed by atoms with Crippen LogP contribution in [0.2, 0.25) is 0 Å². The summed E-state index contributed by atoms with van der Waals surface area (Å²) in [5.41, 5.74) is -0.932. The predicted octanol–water partition coefficient (Wildman–Crippen LogP) is 1.86. The molecule has 116 valence electrons. The van der Waals surface area contributed by atoms with E-state index >= 15 is 0 Å². The molecule has 0 saturated carbocycles. The van der Waals surface area contributed by atoms with Gasteiger partial charge in [0.25, 0.3) is 0 Å². The Morgan fingerprint density at radius 2 is 2.20 bits per heavy atom. The van der Waals surface area contributed by atoms with Gasteiger partial charge in [-0.25, -0.2) is 0 Å². The summed E-state index contributed by atoms with van der Waals surface area (Å²) in [6.45, 7) is 4.95. The molecule has 0 bridgehead atoms. The van der Waals surface area contributed by atoms with E-state index in [9.17, 15) is 14.7 Å². The number of likely N-dealkylation sites (tertiary alicyclic amines) is 1. The van der Waals surface area contributed by atoms with Crippen LogP contribution in [0.5, 0.6) is 0 Å². The summed E-state index contributed by atoms with van der Waals surface area (Å²) >= 11 is 1.65. The Morgan fingerprint density at radius 1 is 1.50 bits per heavy atom. The summed E-state index contributed by atoms with van der Waals surface area (Å²) in [4.78, 5) is 25.4. The Hall–Kier alpha value is -0.750. The van der Waals surface area contributed by atoms with E-state index in [0.717, 1.165) is 18.6 Å². The second-order valence-corrected chi connectivity index (χ2v) is 6.84. The minimum Gasteiger partial charge on any atom is -0.481 e. The molecule has 5 nitrogen and oxygen atoms in total. The number of hydrogen-bond acceptors (Lipinski definition) is 4. The third-order valence-corrected chi connectivity index (χ3v) is 4.98. The van der Waals surface area contributed by atoms with Crippen LogP contribution in [0, 0.1) is 5.41 Å². The summed E-state index contributed by atoms with van der Waals surface area (Å²) < 4.78 is 5.03. The first kappa shape index (κ1) is 17.3. The molecule has 6 heteroatoms. The Labute approximate surface area is 125 Å². The van der Waals surface area contributed by atoms with E-state index in [1.165, 1.54) is 7.11 Å². The first-order valence-electron chi connectivity index (χ1n) is 7.09. The summed E-state index contributed by atoms with van der Waals surface area (Å²) in [5, 5.41) is 9.28. The third-order valence-electron chi connectivity index (χ3n) is 3.75. The molecule has 0 aromatic rings. The van der Waals surface area contributed by atoms with Crippen molar-refractivity contribution in [1.29, 1.82) is 0 Å². The van der Waals surface area contributed by atoms with Gasteiger partial charge in [-0.3, -0.25) is 9.59 Å². The molecule has 1 heterocycles. The van der Waals surface area contributed by atoms with Crippen molar-refractivity contribution in [2.75, 3.05) is 32.6 Å². The summed E-state index contributed by atoms with van der Waals surface area (Å²) in [7, 11) is 1.50. The quantitative estimate of drug-likeness (QED) is 0.693. The highest BCUT2D eigenvalue weighted by molar-refractivity contribution is 8.00. The first-order chi connectivity index (χ1) is 9.46. The van der Waals surface area contributed by atoms with Gasteiger partial charge in [0.1, 0.15) is 5.41 Å². The molecular weight excluding hydrogens is 278 g/mol. The number of thioether (sulfide) groups is 1. The monoisotopic (exact) mass is 303 g/mol. The lowest BCUT2D eigenvalue weighted by atomic mass is 9.88. The lowest BCUT2D eigenvalue weighted by molar-refractivity contribution is -0.151. The van der Waals surface area contributed by atoms with Crippen LogP contribution in [-0.2, 0) is 14.3 Å². The number of hydrogen-bond donors (Lipinski definition) is 1. The number of carboxylic acid groups (broad SMARTS) is 1. The molecule has 1 aliphatic heterocycles. The molecule has 1 N–H and O–H groups in total. The smallest absolute Gasteiger partial charge is 0.313 e. The van der Waals surface area contributed by atoms with Crippen molar-refractivity contribution in [3.05, 3.63) is 0 Å². The molecule has 0 aromatic heterocycles. The topological polar surface area (TPSA) is 66.8 Å². The normalized spacial score (nSPS) is 23.9. The zero-order valence-corrected chi connectivity index (χ0v) is 13.4. The second kappa shape index (κ2) is 7.88. The van der Waals surface area contributed by atoms with Gasteiger partial charge in [-0.05, 0) is 25.5 Å². The maximum absolute atomic E-state index is 12.3. The van der Waals surface area contributed by atoms with E-state index in [1.807, 2.05) is 6.92 Å². The lowest BCUT2D eigenvalue weighted by Gasteiger charge is -2.25. The summed E-state index contributed by atoms with van der Waals surface area (Å²) in [6, 6.07) is 0. The van der Waals surface area contributed by atoms with Crippen molar-refractivity contribution in [3.63, 3.8) is 0 Å². The summed E-state index contributed by atoms with van der Waals surface area (Å²) in [6.07, 6.45) is 2.69. The lowest BCUT2D eigenvalue weighted by Crippen LogP contribution is -2.42. The van der Waals surface area contributed by atoms with E-state index < -0.39 is 11.4 Å². The third kappa shape index (κ3) is 4.12. The van der Waals surface area contributed by atoms with Gasteiger partial charge in [0.15, 0.2) is 0 Å². The highest BCUT2D eigenvalue weighted by atomic mass is 32.2. The van der Waals surface area contributed by atoms with E-state index in [1.54, 1.807) is 16.7 Å². The van der Waals surface area contributed by atoms with Gasteiger partial charge in [-0.2, -0.15) is 0 Å². The average Bonchev–Trinajstić information content (AvgIpc) is 2.84. The zero-order valence-electron chi connectivity index (χ0n) is 12.6. The van der Waals surface area contributed by atoms with Gasteiger partial charge < -0.3 is 14.7 Å². The van der Waals surface area contributed by atoms with Gasteiger partial charge in [0, 0.05) is 20.2 Å². The molecule has 0 aliphatic carbocycles.